The van der Waals surface area contributed by atoms with E-state index in [0.717, 1.165) is 64.8 Å². The van der Waals surface area contributed by atoms with E-state index in [4.69, 9.17) is 4.74 Å². The predicted octanol–water partition coefficient (Wildman–Crippen LogP) is 3.21. The molecule has 3 heterocycles. The molecule has 0 spiro atoms. The third-order valence-electron chi connectivity index (χ3n) is 7.36. The van der Waals surface area contributed by atoms with Crippen LogP contribution in [0.2, 0.25) is 0 Å². The zero-order valence-electron chi connectivity index (χ0n) is 20.3. The first kappa shape index (κ1) is 24.6. The van der Waals surface area contributed by atoms with Crippen LogP contribution in [0, 0.1) is 5.92 Å². The molecule has 3 fully saturated rings. The summed E-state index contributed by atoms with van der Waals surface area (Å²) in [6, 6.07) is 6.56. The largest absolute Gasteiger partial charge is 0.373 e. The van der Waals surface area contributed by atoms with Crippen molar-refractivity contribution < 1.29 is 17.9 Å². The number of hydrogen-bond donors (Lipinski definition) is 0. The van der Waals surface area contributed by atoms with Crippen molar-refractivity contribution in [2.45, 2.75) is 76.0 Å². The second-order valence-corrected chi connectivity index (χ2v) is 12.1. The Morgan fingerprint density at radius 3 is 2.18 bits per heavy atom. The highest BCUT2D eigenvalue weighted by atomic mass is 32.2. The molecule has 3 unspecified atom stereocenters. The number of benzene rings is 1. The third kappa shape index (κ3) is 5.78. The van der Waals surface area contributed by atoms with Crippen LogP contribution in [0.25, 0.3) is 0 Å². The Kier molecular flexibility index (Phi) is 7.78. The van der Waals surface area contributed by atoms with E-state index in [-0.39, 0.29) is 29.1 Å². The van der Waals surface area contributed by atoms with Crippen molar-refractivity contribution in [1.82, 2.24) is 14.1 Å². The van der Waals surface area contributed by atoms with Crippen molar-refractivity contribution >= 4 is 15.9 Å². The van der Waals surface area contributed by atoms with Crippen LogP contribution in [0.4, 0.5) is 0 Å². The van der Waals surface area contributed by atoms with Gasteiger partial charge >= 0.3 is 0 Å². The summed E-state index contributed by atoms with van der Waals surface area (Å²) in [7, 11) is -3.51. The summed E-state index contributed by atoms with van der Waals surface area (Å²) in [6.45, 7) is 11.3. The molecule has 8 heteroatoms. The molecule has 7 nitrogen and oxygen atoms in total. The van der Waals surface area contributed by atoms with Gasteiger partial charge in [-0.1, -0.05) is 6.42 Å². The monoisotopic (exact) mass is 477 g/mol. The molecule has 0 aromatic heterocycles. The standard InChI is InChI=1S/C25H39N3O4S/c1-19-6-4-5-13-28(19)33(30,31)24-9-7-23(8-10-24)25(29)27-14-11-22(12-15-27)18-26-16-20(2)32-21(3)17-26/h7-10,19-22H,4-6,11-18H2,1-3H3. The van der Waals surface area contributed by atoms with E-state index in [1.54, 1.807) is 28.6 Å². The van der Waals surface area contributed by atoms with Gasteiger partial charge in [0.1, 0.15) is 0 Å². The fourth-order valence-electron chi connectivity index (χ4n) is 5.63. The Hall–Kier alpha value is -1.48. The first-order valence-corrected chi connectivity index (χ1v) is 14.0. The molecular weight excluding hydrogens is 438 g/mol. The number of piperidine rings is 2. The first-order valence-electron chi connectivity index (χ1n) is 12.5. The lowest BCUT2D eigenvalue weighted by Crippen LogP contribution is -2.48. The Morgan fingerprint density at radius 2 is 1.58 bits per heavy atom. The average molecular weight is 478 g/mol. The highest BCUT2D eigenvalue weighted by molar-refractivity contribution is 7.89. The number of nitrogens with zero attached hydrogens (tertiary/aromatic N) is 3. The molecule has 0 aliphatic carbocycles. The second-order valence-electron chi connectivity index (χ2n) is 10.2. The van der Waals surface area contributed by atoms with Crippen LogP contribution in [0.3, 0.4) is 0 Å². The number of carbonyl (C=O) groups excluding carboxylic acids is 1. The number of rotatable bonds is 5. The van der Waals surface area contributed by atoms with Gasteiger partial charge < -0.3 is 9.64 Å². The molecule has 0 bridgehead atoms. The van der Waals surface area contributed by atoms with Crippen molar-refractivity contribution in [3.05, 3.63) is 29.8 Å². The van der Waals surface area contributed by atoms with Gasteiger partial charge in [-0.2, -0.15) is 4.31 Å². The van der Waals surface area contributed by atoms with Gasteiger partial charge in [-0.3, -0.25) is 9.69 Å². The molecule has 3 aliphatic heterocycles. The molecule has 1 amide bonds. The summed E-state index contributed by atoms with van der Waals surface area (Å²) in [4.78, 5) is 17.7. The van der Waals surface area contributed by atoms with Crippen molar-refractivity contribution in [3.63, 3.8) is 0 Å². The maximum Gasteiger partial charge on any atom is 0.253 e. The Bertz CT molecular complexity index is 902. The lowest BCUT2D eigenvalue weighted by Gasteiger charge is -2.39. The molecule has 3 atom stereocenters. The van der Waals surface area contributed by atoms with E-state index in [0.29, 0.717) is 18.0 Å². The van der Waals surface area contributed by atoms with Crippen molar-refractivity contribution in [3.8, 4) is 0 Å². The lowest BCUT2D eigenvalue weighted by molar-refractivity contribution is -0.0728. The summed E-state index contributed by atoms with van der Waals surface area (Å²) in [5, 5.41) is 0. The molecule has 3 saturated heterocycles. The van der Waals surface area contributed by atoms with Gasteiger partial charge in [-0.05, 0) is 76.6 Å². The summed E-state index contributed by atoms with van der Waals surface area (Å²) in [6.07, 6.45) is 5.44. The fourth-order valence-corrected chi connectivity index (χ4v) is 7.33. The third-order valence-corrected chi connectivity index (χ3v) is 9.39. The van der Waals surface area contributed by atoms with E-state index in [2.05, 4.69) is 18.7 Å². The molecule has 1 aromatic rings. The molecule has 33 heavy (non-hydrogen) atoms. The fraction of sp³-hybridized carbons (Fsp3) is 0.720. The second kappa shape index (κ2) is 10.4. The van der Waals surface area contributed by atoms with Gasteiger partial charge in [0.2, 0.25) is 10.0 Å². The van der Waals surface area contributed by atoms with Crippen LogP contribution >= 0.6 is 0 Å². The molecule has 0 N–H and O–H groups in total. The van der Waals surface area contributed by atoms with Crippen LogP contribution in [-0.2, 0) is 14.8 Å². The minimum Gasteiger partial charge on any atom is -0.373 e. The quantitative estimate of drug-likeness (QED) is 0.651. The Labute approximate surface area is 199 Å². The number of carbonyl (C=O) groups is 1. The number of amides is 1. The van der Waals surface area contributed by atoms with E-state index in [9.17, 15) is 13.2 Å². The highest BCUT2D eigenvalue weighted by Gasteiger charge is 2.32. The maximum atomic E-state index is 13.0. The minimum absolute atomic E-state index is 0.00245. The Morgan fingerprint density at radius 1 is 0.939 bits per heavy atom. The van der Waals surface area contributed by atoms with Gasteiger partial charge in [0.15, 0.2) is 0 Å². The van der Waals surface area contributed by atoms with E-state index < -0.39 is 10.0 Å². The minimum atomic E-state index is -3.51. The predicted molar refractivity (Wildman–Crippen MR) is 129 cm³/mol. The number of ether oxygens (including phenoxy) is 1. The number of hydrogen-bond acceptors (Lipinski definition) is 5. The number of sulfonamides is 1. The first-order chi connectivity index (χ1) is 15.7. The molecule has 3 aliphatic rings. The lowest BCUT2D eigenvalue weighted by atomic mass is 9.95. The van der Waals surface area contributed by atoms with Gasteiger partial charge in [0.05, 0.1) is 17.1 Å². The van der Waals surface area contributed by atoms with Crippen molar-refractivity contribution in [1.29, 1.82) is 0 Å². The van der Waals surface area contributed by atoms with E-state index in [1.165, 1.54) is 0 Å². The van der Waals surface area contributed by atoms with Crippen molar-refractivity contribution in [2.75, 3.05) is 39.3 Å². The summed E-state index contributed by atoms with van der Waals surface area (Å²) in [5.74, 6) is 0.600. The molecule has 1 aromatic carbocycles. The smallest absolute Gasteiger partial charge is 0.253 e. The average Bonchev–Trinajstić information content (AvgIpc) is 2.79. The topological polar surface area (TPSA) is 70.2 Å². The Balaban J connectivity index is 1.32. The zero-order chi connectivity index (χ0) is 23.6. The van der Waals surface area contributed by atoms with Crippen LogP contribution in [0.5, 0.6) is 0 Å². The van der Waals surface area contributed by atoms with Crippen LogP contribution in [0.1, 0.15) is 63.2 Å². The summed E-state index contributed by atoms with van der Waals surface area (Å²) < 4.78 is 33.5. The highest BCUT2D eigenvalue weighted by Crippen LogP contribution is 2.26. The van der Waals surface area contributed by atoms with E-state index in [1.807, 2.05) is 11.8 Å². The van der Waals surface area contributed by atoms with Gasteiger partial charge in [-0.25, -0.2) is 8.42 Å². The molecule has 184 valence electrons. The SMILES string of the molecule is CC1CN(CC2CCN(C(=O)c3ccc(S(=O)(=O)N4CCCCC4C)cc3)CC2)CC(C)O1. The zero-order valence-corrected chi connectivity index (χ0v) is 21.1. The molecule has 4 rings (SSSR count). The molecule has 0 radical (unpaired) electrons. The normalized spacial score (nSPS) is 28.7. The van der Waals surface area contributed by atoms with Crippen LogP contribution in [-0.4, -0.2) is 85.9 Å². The summed E-state index contributed by atoms with van der Waals surface area (Å²) >= 11 is 0. The van der Waals surface area contributed by atoms with Crippen molar-refractivity contribution in [2.24, 2.45) is 5.92 Å². The number of likely N-dealkylation sites (tertiary alicyclic amines) is 1. The van der Waals surface area contributed by atoms with Crippen LogP contribution in [0.15, 0.2) is 29.2 Å². The molecule has 0 saturated carbocycles. The summed E-state index contributed by atoms with van der Waals surface area (Å²) in [5.41, 5.74) is 0.565. The number of morpholine rings is 1. The van der Waals surface area contributed by atoms with Crippen LogP contribution < -0.4 is 0 Å². The van der Waals surface area contributed by atoms with Gasteiger partial charge in [0, 0.05) is 50.9 Å². The molecular formula is C25H39N3O4S. The van der Waals surface area contributed by atoms with E-state index >= 15 is 0 Å². The maximum absolute atomic E-state index is 13.0. The van der Waals surface area contributed by atoms with Gasteiger partial charge in [0.25, 0.3) is 5.91 Å². The van der Waals surface area contributed by atoms with Gasteiger partial charge in [-0.15, -0.1) is 0 Å².